The van der Waals surface area contributed by atoms with Crippen molar-refractivity contribution < 1.29 is 0 Å². The molecule has 2 aromatic rings. The molecule has 1 saturated carbocycles. The molecular weight excluding hydrogens is 226 g/mol. The Balaban J connectivity index is 2.15. The smallest absolute Gasteiger partial charge is 0.202 e. The Morgan fingerprint density at radius 1 is 1.44 bits per heavy atom. The van der Waals surface area contributed by atoms with Gasteiger partial charge in [-0.05, 0) is 32.1 Å². The predicted octanol–water partition coefficient (Wildman–Crippen LogP) is 2.28. The van der Waals surface area contributed by atoms with Crippen molar-refractivity contribution in [2.75, 3.05) is 5.73 Å². The van der Waals surface area contributed by atoms with Gasteiger partial charge in [0.2, 0.25) is 5.95 Å². The lowest BCUT2D eigenvalue weighted by Gasteiger charge is -2.14. The van der Waals surface area contributed by atoms with Crippen LogP contribution in [0.15, 0.2) is 0 Å². The molecule has 0 saturated heterocycles. The van der Waals surface area contributed by atoms with Crippen molar-refractivity contribution >= 4 is 17.1 Å². The van der Waals surface area contributed by atoms with E-state index in [1.807, 2.05) is 11.7 Å². The SMILES string of the molecule is CCCc1nn(C)c2c1nc(N)n2C(C)C1CC1. The van der Waals surface area contributed by atoms with E-state index < -0.39 is 0 Å². The first kappa shape index (κ1) is 11.6. The first-order valence-corrected chi connectivity index (χ1v) is 6.82. The molecule has 5 nitrogen and oxygen atoms in total. The fraction of sp³-hybridized carbons (Fsp3) is 0.692. The monoisotopic (exact) mass is 247 g/mol. The van der Waals surface area contributed by atoms with E-state index in [1.54, 1.807) is 0 Å². The van der Waals surface area contributed by atoms with E-state index in [9.17, 15) is 0 Å². The van der Waals surface area contributed by atoms with E-state index in [1.165, 1.54) is 12.8 Å². The van der Waals surface area contributed by atoms with Gasteiger partial charge in [0.05, 0.1) is 5.69 Å². The number of hydrogen-bond donors (Lipinski definition) is 1. The van der Waals surface area contributed by atoms with Crippen molar-refractivity contribution in [3.05, 3.63) is 5.69 Å². The molecule has 0 bridgehead atoms. The number of imidazole rings is 1. The molecular formula is C13H21N5. The van der Waals surface area contributed by atoms with E-state index in [4.69, 9.17) is 5.73 Å². The molecule has 98 valence electrons. The van der Waals surface area contributed by atoms with Crippen molar-refractivity contribution in [1.29, 1.82) is 0 Å². The second-order valence-corrected chi connectivity index (χ2v) is 5.41. The number of nitrogens with two attached hydrogens (primary N) is 1. The summed E-state index contributed by atoms with van der Waals surface area (Å²) in [4.78, 5) is 4.54. The largest absolute Gasteiger partial charge is 0.369 e. The minimum Gasteiger partial charge on any atom is -0.369 e. The molecule has 0 aliphatic heterocycles. The Hall–Kier alpha value is -1.52. The Morgan fingerprint density at radius 2 is 2.17 bits per heavy atom. The summed E-state index contributed by atoms with van der Waals surface area (Å²) in [6.45, 7) is 4.40. The van der Waals surface area contributed by atoms with Gasteiger partial charge in [-0.1, -0.05) is 13.3 Å². The number of aromatic nitrogens is 4. The molecule has 0 amide bonds. The van der Waals surface area contributed by atoms with Gasteiger partial charge >= 0.3 is 0 Å². The van der Waals surface area contributed by atoms with E-state index in [-0.39, 0.29) is 0 Å². The third-order valence-corrected chi connectivity index (χ3v) is 3.96. The third kappa shape index (κ3) is 1.61. The molecule has 1 fully saturated rings. The van der Waals surface area contributed by atoms with Crippen LogP contribution in [0.3, 0.4) is 0 Å². The van der Waals surface area contributed by atoms with Crippen LogP contribution in [-0.4, -0.2) is 19.3 Å². The Bertz CT molecular complexity index is 576. The molecule has 0 aromatic carbocycles. The number of rotatable bonds is 4. The number of aryl methyl sites for hydroxylation is 2. The van der Waals surface area contributed by atoms with Gasteiger partial charge < -0.3 is 5.73 Å². The summed E-state index contributed by atoms with van der Waals surface area (Å²) in [6.07, 6.45) is 4.66. The normalized spacial score (nSPS) is 17.5. The molecule has 2 heterocycles. The average Bonchev–Trinajstić information content (AvgIpc) is 3.05. The first-order chi connectivity index (χ1) is 8.63. The molecule has 1 atom stereocenters. The van der Waals surface area contributed by atoms with Gasteiger partial charge in [0.15, 0.2) is 5.65 Å². The molecule has 0 spiro atoms. The highest BCUT2D eigenvalue weighted by molar-refractivity contribution is 5.78. The number of nitrogen functional groups attached to an aromatic ring is 1. The van der Waals surface area contributed by atoms with Gasteiger partial charge in [-0.2, -0.15) is 5.10 Å². The maximum absolute atomic E-state index is 6.11. The van der Waals surface area contributed by atoms with Crippen LogP contribution in [0.1, 0.15) is 44.8 Å². The Kier molecular flexibility index (Phi) is 2.57. The Labute approximate surface area is 107 Å². The van der Waals surface area contributed by atoms with Crippen molar-refractivity contribution in [1.82, 2.24) is 19.3 Å². The van der Waals surface area contributed by atoms with Crippen LogP contribution in [0.5, 0.6) is 0 Å². The lowest BCUT2D eigenvalue weighted by Crippen LogP contribution is -2.12. The lowest BCUT2D eigenvalue weighted by atomic mass is 10.2. The second kappa shape index (κ2) is 4.00. The summed E-state index contributed by atoms with van der Waals surface area (Å²) < 4.78 is 4.10. The molecule has 3 rings (SSSR count). The zero-order valence-electron chi connectivity index (χ0n) is 11.3. The molecule has 0 radical (unpaired) electrons. The Morgan fingerprint density at radius 3 is 2.78 bits per heavy atom. The topological polar surface area (TPSA) is 61.7 Å². The molecule has 1 unspecified atom stereocenters. The zero-order chi connectivity index (χ0) is 12.9. The fourth-order valence-corrected chi connectivity index (χ4v) is 2.82. The molecule has 1 aliphatic rings. The summed E-state index contributed by atoms with van der Waals surface area (Å²) >= 11 is 0. The standard InChI is InChI=1S/C13H21N5/c1-4-5-10-11-12(17(3)16-10)18(13(14)15-11)8(2)9-6-7-9/h8-9H,4-7H2,1-3H3,(H2,14,15). The number of anilines is 1. The van der Waals surface area contributed by atoms with Crippen LogP contribution in [0.2, 0.25) is 0 Å². The van der Waals surface area contributed by atoms with Gasteiger partial charge in [0.1, 0.15) is 5.52 Å². The number of nitrogens with zero attached hydrogens (tertiary/aromatic N) is 4. The van der Waals surface area contributed by atoms with Gasteiger partial charge in [-0.25, -0.2) is 4.98 Å². The highest BCUT2D eigenvalue weighted by Crippen LogP contribution is 2.41. The van der Waals surface area contributed by atoms with Crippen LogP contribution < -0.4 is 5.73 Å². The number of hydrogen-bond acceptors (Lipinski definition) is 3. The molecule has 18 heavy (non-hydrogen) atoms. The van der Waals surface area contributed by atoms with E-state index in [0.29, 0.717) is 12.0 Å². The van der Waals surface area contributed by atoms with E-state index >= 15 is 0 Å². The maximum Gasteiger partial charge on any atom is 0.202 e. The molecule has 2 aromatic heterocycles. The van der Waals surface area contributed by atoms with Gasteiger partial charge in [0.25, 0.3) is 0 Å². The summed E-state index contributed by atoms with van der Waals surface area (Å²) in [5, 5.41) is 4.58. The van der Waals surface area contributed by atoms with Crippen molar-refractivity contribution in [3.63, 3.8) is 0 Å². The van der Waals surface area contributed by atoms with Crippen LogP contribution in [0.25, 0.3) is 11.2 Å². The zero-order valence-corrected chi connectivity index (χ0v) is 11.3. The quantitative estimate of drug-likeness (QED) is 0.901. The summed E-state index contributed by atoms with van der Waals surface area (Å²) in [7, 11) is 1.98. The minimum atomic E-state index is 0.430. The van der Waals surface area contributed by atoms with Crippen LogP contribution >= 0.6 is 0 Å². The van der Waals surface area contributed by atoms with Gasteiger partial charge in [-0.3, -0.25) is 9.25 Å². The van der Waals surface area contributed by atoms with Crippen LogP contribution in [-0.2, 0) is 13.5 Å². The minimum absolute atomic E-state index is 0.430. The van der Waals surface area contributed by atoms with E-state index in [0.717, 1.165) is 35.6 Å². The van der Waals surface area contributed by atoms with Crippen LogP contribution in [0, 0.1) is 5.92 Å². The summed E-state index contributed by atoms with van der Waals surface area (Å²) in [5.74, 6) is 1.39. The lowest BCUT2D eigenvalue weighted by molar-refractivity contribution is 0.494. The van der Waals surface area contributed by atoms with Crippen LogP contribution in [0.4, 0.5) is 5.95 Å². The summed E-state index contributed by atoms with van der Waals surface area (Å²) in [6, 6.07) is 0.430. The fourth-order valence-electron chi connectivity index (χ4n) is 2.82. The van der Waals surface area contributed by atoms with Crippen molar-refractivity contribution in [2.45, 2.75) is 45.6 Å². The maximum atomic E-state index is 6.11. The molecule has 5 heteroatoms. The van der Waals surface area contributed by atoms with Crippen molar-refractivity contribution in [2.24, 2.45) is 13.0 Å². The third-order valence-electron chi connectivity index (χ3n) is 3.96. The summed E-state index contributed by atoms with van der Waals surface area (Å²) in [5.41, 5.74) is 9.25. The highest BCUT2D eigenvalue weighted by atomic mass is 15.4. The number of fused-ring (bicyclic) bond motifs is 1. The molecule has 1 aliphatic carbocycles. The predicted molar refractivity (Wildman–Crippen MR) is 72.3 cm³/mol. The highest BCUT2D eigenvalue weighted by Gasteiger charge is 2.32. The van der Waals surface area contributed by atoms with Gasteiger partial charge in [0, 0.05) is 13.1 Å². The average molecular weight is 247 g/mol. The molecule has 2 N–H and O–H groups in total. The second-order valence-electron chi connectivity index (χ2n) is 5.41. The van der Waals surface area contributed by atoms with E-state index in [2.05, 4.69) is 28.5 Å². The first-order valence-electron chi connectivity index (χ1n) is 6.82. The van der Waals surface area contributed by atoms with Gasteiger partial charge in [-0.15, -0.1) is 0 Å². The van der Waals surface area contributed by atoms with Crippen molar-refractivity contribution in [3.8, 4) is 0 Å².